The van der Waals surface area contributed by atoms with E-state index in [0.29, 0.717) is 5.58 Å². The van der Waals surface area contributed by atoms with Gasteiger partial charge in [0.2, 0.25) is 0 Å². The topological polar surface area (TPSA) is 63.8 Å². The van der Waals surface area contributed by atoms with Crippen molar-refractivity contribution >= 4 is 45.7 Å². The Labute approximate surface area is 146 Å². The molecular formula is C17H13IN2O3. The molecule has 3 aromatic rings. The molecule has 6 heteroatoms. The summed E-state index contributed by atoms with van der Waals surface area (Å²) in [7, 11) is 1.62. The van der Waals surface area contributed by atoms with E-state index in [1.807, 2.05) is 42.5 Å². The lowest BCUT2D eigenvalue weighted by Crippen LogP contribution is -2.16. The molecular weight excluding hydrogens is 407 g/mol. The lowest BCUT2D eigenvalue weighted by atomic mass is 10.2. The number of para-hydroxylation sites is 1. The number of amides is 1. The number of carbonyl (C=O) groups is 1. The van der Waals surface area contributed by atoms with Gasteiger partial charge in [0.1, 0.15) is 11.3 Å². The van der Waals surface area contributed by atoms with Crippen molar-refractivity contribution in [3.63, 3.8) is 0 Å². The van der Waals surface area contributed by atoms with Crippen LogP contribution < -0.4 is 10.2 Å². The highest BCUT2D eigenvalue weighted by molar-refractivity contribution is 14.1. The average molecular weight is 420 g/mol. The molecule has 0 bridgehead atoms. The maximum atomic E-state index is 12.0. The van der Waals surface area contributed by atoms with Gasteiger partial charge in [0.05, 0.1) is 16.9 Å². The van der Waals surface area contributed by atoms with Crippen LogP contribution in [0.25, 0.3) is 11.0 Å². The summed E-state index contributed by atoms with van der Waals surface area (Å²) < 4.78 is 11.6. The molecule has 116 valence electrons. The minimum atomic E-state index is -0.388. The Balaban J connectivity index is 1.69. The number of carbonyl (C=O) groups excluding carboxylic acids is 1. The number of halogens is 1. The predicted molar refractivity (Wildman–Crippen MR) is 97.0 cm³/mol. The Kier molecular flexibility index (Phi) is 4.61. The quantitative estimate of drug-likeness (QED) is 0.397. The third kappa shape index (κ3) is 3.53. The molecule has 5 nitrogen and oxygen atoms in total. The van der Waals surface area contributed by atoms with Gasteiger partial charge in [-0.1, -0.05) is 18.2 Å². The van der Waals surface area contributed by atoms with Crippen LogP contribution in [0.3, 0.4) is 0 Å². The Morgan fingerprint density at radius 1 is 1.26 bits per heavy atom. The second kappa shape index (κ2) is 6.82. The summed E-state index contributed by atoms with van der Waals surface area (Å²) in [6.07, 6.45) is 1.57. The van der Waals surface area contributed by atoms with E-state index in [2.05, 4.69) is 33.1 Å². The first-order chi connectivity index (χ1) is 11.2. The maximum Gasteiger partial charge on any atom is 0.307 e. The standard InChI is InChI=1S/C17H13IN2O3/c1-22-15-7-6-11(8-13(15)18)10-19-20-17(21)16-9-12-4-2-3-5-14(12)23-16/h2-10H,1H3,(H,20,21)/b19-10+. The van der Waals surface area contributed by atoms with E-state index in [0.717, 1.165) is 20.3 Å². The van der Waals surface area contributed by atoms with Crippen molar-refractivity contribution in [1.29, 1.82) is 0 Å². The van der Waals surface area contributed by atoms with Crippen molar-refractivity contribution in [2.75, 3.05) is 7.11 Å². The van der Waals surface area contributed by atoms with Crippen molar-refractivity contribution in [3.05, 3.63) is 63.4 Å². The smallest absolute Gasteiger partial charge is 0.307 e. The number of fused-ring (bicyclic) bond motifs is 1. The number of nitrogens with one attached hydrogen (secondary N) is 1. The van der Waals surface area contributed by atoms with Crippen LogP contribution in [-0.2, 0) is 0 Å². The summed E-state index contributed by atoms with van der Waals surface area (Å²) in [5.41, 5.74) is 3.99. The fraction of sp³-hybridized carbons (Fsp3) is 0.0588. The fourth-order valence-electron chi connectivity index (χ4n) is 2.08. The number of benzene rings is 2. The first kappa shape index (κ1) is 15.5. The molecule has 1 aromatic heterocycles. The summed E-state index contributed by atoms with van der Waals surface area (Å²) in [4.78, 5) is 12.0. The van der Waals surface area contributed by atoms with E-state index in [9.17, 15) is 4.79 Å². The molecule has 1 heterocycles. The van der Waals surface area contributed by atoms with Crippen molar-refractivity contribution in [2.45, 2.75) is 0 Å². The fourth-order valence-corrected chi connectivity index (χ4v) is 2.84. The van der Waals surface area contributed by atoms with Gasteiger partial charge in [-0.15, -0.1) is 0 Å². The monoisotopic (exact) mass is 420 g/mol. The molecule has 3 rings (SSSR count). The molecule has 1 N–H and O–H groups in total. The highest BCUT2D eigenvalue weighted by Crippen LogP contribution is 2.21. The Bertz CT molecular complexity index is 853. The van der Waals surface area contributed by atoms with Gasteiger partial charge in [0, 0.05) is 5.39 Å². The Morgan fingerprint density at radius 3 is 2.83 bits per heavy atom. The second-order valence-corrected chi connectivity index (χ2v) is 5.90. The maximum absolute atomic E-state index is 12.0. The molecule has 2 aromatic carbocycles. The third-order valence-corrected chi connectivity index (χ3v) is 4.05. The molecule has 1 amide bonds. The number of ether oxygens (including phenoxy) is 1. The number of furan rings is 1. The van der Waals surface area contributed by atoms with Gasteiger partial charge in [-0.3, -0.25) is 4.79 Å². The van der Waals surface area contributed by atoms with Crippen molar-refractivity contribution < 1.29 is 13.9 Å². The van der Waals surface area contributed by atoms with E-state index >= 15 is 0 Å². The van der Waals surface area contributed by atoms with Crippen molar-refractivity contribution in [1.82, 2.24) is 5.43 Å². The van der Waals surface area contributed by atoms with Crippen molar-refractivity contribution in [3.8, 4) is 5.75 Å². The van der Waals surface area contributed by atoms with Crippen LogP contribution in [0.1, 0.15) is 16.1 Å². The summed E-state index contributed by atoms with van der Waals surface area (Å²) in [5, 5.41) is 4.84. The van der Waals surface area contributed by atoms with Crippen molar-refractivity contribution in [2.24, 2.45) is 5.10 Å². The average Bonchev–Trinajstić information content (AvgIpc) is 2.99. The van der Waals surface area contributed by atoms with Crippen LogP contribution in [0.5, 0.6) is 5.75 Å². The first-order valence-corrected chi connectivity index (χ1v) is 7.91. The zero-order valence-electron chi connectivity index (χ0n) is 12.2. The van der Waals surface area contributed by atoms with E-state index in [-0.39, 0.29) is 11.7 Å². The summed E-state index contributed by atoms with van der Waals surface area (Å²) in [5.74, 6) is 0.641. The summed E-state index contributed by atoms with van der Waals surface area (Å²) in [6.45, 7) is 0. The molecule has 0 aliphatic heterocycles. The molecule has 0 atom stereocenters. The van der Waals surface area contributed by atoms with Gasteiger partial charge >= 0.3 is 5.91 Å². The van der Waals surface area contributed by atoms with Gasteiger partial charge in [-0.25, -0.2) is 5.43 Å². The largest absolute Gasteiger partial charge is 0.496 e. The SMILES string of the molecule is COc1ccc(/C=N/NC(=O)c2cc3ccccc3o2)cc1I. The van der Waals surface area contributed by atoms with Gasteiger partial charge < -0.3 is 9.15 Å². The highest BCUT2D eigenvalue weighted by Gasteiger charge is 2.10. The normalized spacial score (nSPS) is 11.0. The minimum absolute atomic E-state index is 0.229. The molecule has 0 unspecified atom stereocenters. The number of hydrogen-bond acceptors (Lipinski definition) is 4. The van der Waals surface area contributed by atoms with Gasteiger partial charge in [0.25, 0.3) is 0 Å². The van der Waals surface area contributed by atoms with E-state index in [1.165, 1.54) is 0 Å². The van der Waals surface area contributed by atoms with Crippen LogP contribution in [0, 0.1) is 3.57 Å². The molecule has 0 saturated heterocycles. The first-order valence-electron chi connectivity index (χ1n) is 6.83. The Morgan fingerprint density at radius 2 is 2.09 bits per heavy atom. The number of methoxy groups -OCH3 is 1. The van der Waals surface area contributed by atoms with Gasteiger partial charge in [-0.2, -0.15) is 5.10 Å². The molecule has 0 radical (unpaired) electrons. The van der Waals surface area contributed by atoms with Gasteiger partial charge in [0.15, 0.2) is 5.76 Å². The molecule has 0 aliphatic carbocycles. The van der Waals surface area contributed by atoms with E-state index < -0.39 is 0 Å². The Hall–Kier alpha value is -2.35. The molecule has 0 fully saturated rings. The third-order valence-electron chi connectivity index (χ3n) is 3.20. The lowest BCUT2D eigenvalue weighted by Gasteiger charge is -2.03. The van der Waals surface area contributed by atoms with Crippen LogP contribution in [-0.4, -0.2) is 19.2 Å². The van der Waals surface area contributed by atoms with Crippen LogP contribution in [0.15, 0.2) is 58.0 Å². The zero-order chi connectivity index (χ0) is 16.2. The number of rotatable bonds is 4. The highest BCUT2D eigenvalue weighted by atomic mass is 127. The summed E-state index contributed by atoms with van der Waals surface area (Å²) in [6, 6.07) is 14.8. The van der Waals surface area contributed by atoms with Gasteiger partial charge in [-0.05, 0) is 58.5 Å². The van der Waals surface area contributed by atoms with E-state index in [1.54, 1.807) is 19.4 Å². The van der Waals surface area contributed by atoms with Crippen LogP contribution in [0.2, 0.25) is 0 Å². The second-order valence-electron chi connectivity index (χ2n) is 4.74. The minimum Gasteiger partial charge on any atom is -0.496 e. The lowest BCUT2D eigenvalue weighted by molar-refractivity contribution is 0.0929. The number of hydrogen-bond donors (Lipinski definition) is 1. The predicted octanol–water partition coefficient (Wildman–Crippen LogP) is 3.81. The molecule has 23 heavy (non-hydrogen) atoms. The molecule has 0 saturated carbocycles. The number of hydrazone groups is 1. The number of nitrogens with zero attached hydrogens (tertiary/aromatic N) is 1. The summed E-state index contributed by atoms with van der Waals surface area (Å²) >= 11 is 2.18. The zero-order valence-corrected chi connectivity index (χ0v) is 14.4. The molecule has 0 spiro atoms. The van der Waals surface area contributed by atoms with E-state index in [4.69, 9.17) is 9.15 Å². The van der Waals surface area contributed by atoms with Crippen LogP contribution in [0.4, 0.5) is 0 Å². The van der Waals surface area contributed by atoms with Crippen LogP contribution >= 0.6 is 22.6 Å². The molecule has 0 aliphatic rings.